The Labute approximate surface area is 143 Å². The standard InChI is InChI=1S/C19H15FN2O3/c20-15-3-1-2-13(10-15)12-24-16-5-7-17(8-6-16)25-18-9-4-14(11-22-18)19(21)23/h1-11H,12H2,(H2,21,23). The van der Waals surface area contributed by atoms with Gasteiger partial charge in [-0.2, -0.15) is 0 Å². The molecule has 0 atom stereocenters. The van der Waals surface area contributed by atoms with Gasteiger partial charge in [0.05, 0.1) is 5.56 Å². The second-order valence-electron chi connectivity index (χ2n) is 5.24. The van der Waals surface area contributed by atoms with Crippen molar-refractivity contribution in [1.82, 2.24) is 4.98 Å². The number of ether oxygens (including phenoxy) is 2. The molecule has 0 fully saturated rings. The van der Waals surface area contributed by atoms with Gasteiger partial charge in [0.15, 0.2) is 0 Å². The minimum Gasteiger partial charge on any atom is -0.489 e. The Balaban J connectivity index is 1.59. The lowest BCUT2D eigenvalue weighted by atomic mass is 10.2. The molecular weight excluding hydrogens is 323 g/mol. The highest BCUT2D eigenvalue weighted by atomic mass is 19.1. The fraction of sp³-hybridized carbons (Fsp3) is 0.0526. The summed E-state index contributed by atoms with van der Waals surface area (Å²) < 4.78 is 24.3. The summed E-state index contributed by atoms with van der Waals surface area (Å²) in [6, 6.07) is 16.3. The Hall–Kier alpha value is -3.41. The van der Waals surface area contributed by atoms with E-state index in [2.05, 4.69) is 4.98 Å². The normalized spacial score (nSPS) is 10.3. The first-order valence-electron chi connectivity index (χ1n) is 7.51. The van der Waals surface area contributed by atoms with Crippen LogP contribution >= 0.6 is 0 Å². The summed E-state index contributed by atoms with van der Waals surface area (Å²) in [7, 11) is 0. The van der Waals surface area contributed by atoms with Crippen molar-refractivity contribution in [3.05, 3.63) is 83.8 Å². The van der Waals surface area contributed by atoms with Gasteiger partial charge >= 0.3 is 0 Å². The Bertz CT molecular complexity index is 865. The highest BCUT2D eigenvalue weighted by Gasteiger charge is 2.04. The van der Waals surface area contributed by atoms with Crippen LogP contribution in [0.2, 0.25) is 0 Å². The van der Waals surface area contributed by atoms with Crippen molar-refractivity contribution < 1.29 is 18.7 Å². The van der Waals surface area contributed by atoms with E-state index in [4.69, 9.17) is 15.2 Å². The van der Waals surface area contributed by atoms with Crippen LogP contribution in [0, 0.1) is 5.82 Å². The molecule has 126 valence electrons. The number of primary amides is 1. The Morgan fingerprint density at radius 1 is 1.04 bits per heavy atom. The van der Waals surface area contributed by atoms with Crippen LogP contribution in [0.25, 0.3) is 0 Å². The number of aromatic nitrogens is 1. The van der Waals surface area contributed by atoms with Gasteiger partial charge in [-0.15, -0.1) is 0 Å². The summed E-state index contributed by atoms with van der Waals surface area (Å²) in [4.78, 5) is 15.0. The van der Waals surface area contributed by atoms with E-state index in [1.807, 2.05) is 0 Å². The molecule has 0 bridgehead atoms. The number of hydrogen-bond acceptors (Lipinski definition) is 4. The van der Waals surface area contributed by atoms with Crippen LogP contribution in [0.5, 0.6) is 17.4 Å². The van der Waals surface area contributed by atoms with Crippen LogP contribution in [0.15, 0.2) is 66.9 Å². The predicted octanol–water partition coefficient (Wildman–Crippen LogP) is 3.69. The highest BCUT2D eigenvalue weighted by molar-refractivity contribution is 5.92. The maximum absolute atomic E-state index is 13.1. The second kappa shape index (κ2) is 7.44. The topological polar surface area (TPSA) is 74.4 Å². The number of halogens is 1. The molecule has 1 amide bonds. The van der Waals surface area contributed by atoms with E-state index in [-0.39, 0.29) is 12.4 Å². The number of rotatable bonds is 6. The Morgan fingerprint density at radius 3 is 2.44 bits per heavy atom. The molecule has 3 rings (SSSR count). The first-order valence-corrected chi connectivity index (χ1v) is 7.51. The number of nitrogens with two attached hydrogens (primary N) is 1. The molecule has 5 nitrogen and oxygen atoms in total. The third kappa shape index (κ3) is 4.54. The van der Waals surface area contributed by atoms with E-state index in [1.165, 1.54) is 18.3 Å². The molecular formula is C19H15FN2O3. The van der Waals surface area contributed by atoms with Crippen molar-refractivity contribution in [1.29, 1.82) is 0 Å². The van der Waals surface area contributed by atoms with Crippen LogP contribution in [0.1, 0.15) is 15.9 Å². The first kappa shape index (κ1) is 16.4. The predicted molar refractivity (Wildman–Crippen MR) is 90.0 cm³/mol. The Morgan fingerprint density at radius 2 is 1.80 bits per heavy atom. The summed E-state index contributed by atoms with van der Waals surface area (Å²) in [6.45, 7) is 0.272. The van der Waals surface area contributed by atoms with Gasteiger partial charge in [0.2, 0.25) is 11.8 Å². The fourth-order valence-electron chi connectivity index (χ4n) is 2.10. The number of carbonyl (C=O) groups is 1. The fourth-order valence-corrected chi connectivity index (χ4v) is 2.10. The molecule has 2 N–H and O–H groups in total. The van der Waals surface area contributed by atoms with Crippen molar-refractivity contribution in [3.63, 3.8) is 0 Å². The molecule has 0 spiro atoms. The van der Waals surface area contributed by atoms with Crippen LogP contribution in [0.3, 0.4) is 0 Å². The smallest absolute Gasteiger partial charge is 0.250 e. The Kier molecular flexibility index (Phi) is 4.89. The van der Waals surface area contributed by atoms with Crippen LogP contribution in [-0.4, -0.2) is 10.9 Å². The zero-order valence-corrected chi connectivity index (χ0v) is 13.2. The van der Waals surface area contributed by atoms with E-state index in [9.17, 15) is 9.18 Å². The number of carbonyl (C=O) groups excluding carboxylic acids is 1. The second-order valence-corrected chi connectivity index (χ2v) is 5.24. The molecule has 0 aliphatic carbocycles. The summed E-state index contributed by atoms with van der Waals surface area (Å²) >= 11 is 0. The minimum atomic E-state index is -0.543. The van der Waals surface area contributed by atoms with Gasteiger partial charge in [-0.3, -0.25) is 4.79 Å². The molecule has 1 heterocycles. The largest absolute Gasteiger partial charge is 0.489 e. The van der Waals surface area contributed by atoms with Gasteiger partial charge < -0.3 is 15.2 Å². The number of amides is 1. The monoisotopic (exact) mass is 338 g/mol. The van der Waals surface area contributed by atoms with E-state index in [0.717, 1.165) is 5.56 Å². The van der Waals surface area contributed by atoms with Gasteiger partial charge in [0.1, 0.15) is 23.9 Å². The molecule has 1 aromatic heterocycles. The molecule has 2 aromatic carbocycles. The average Bonchev–Trinajstić information content (AvgIpc) is 2.62. The van der Waals surface area contributed by atoms with Crippen molar-refractivity contribution in [2.24, 2.45) is 5.73 Å². The third-order valence-electron chi connectivity index (χ3n) is 3.36. The highest BCUT2D eigenvalue weighted by Crippen LogP contribution is 2.23. The maximum Gasteiger partial charge on any atom is 0.250 e. The molecule has 0 aliphatic rings. The van der Waals surface area contributed by atoms with Crippen molar-refractivity contribution in [2.75, 3.05) is 0 Å². The van der Waals surface area contributed by atoms with E-state index >= 15 is 0 Å². The van der Waals surface area contributed by atoms with Gasteiger partial charge in [0.25, 0.3) is 0 Å². The molecule has 6 heteroatoms. The number of hydrogen-bond donors (Lipinski definition) is 1. The van der Waals surface area contributed by atoms with Crippen LogP contribution in [-0.2, 0) is 6.61 Å². The molecule has 0 saturated heterocycles. The molecule has 3 aromatic rings. The summed E-state index contributed by atoms with van der Waals surface area (Å²) in [6.07, 6.45) is 1.36. The van der Waals surface area contributed by atoms with Gasteiger partial charge in [-0.05, 0) is 48.0 Å². The number of nitrogens with zero attached hydrogens (tertiary/aromatic N) is 1. The lowest BCUT2D eigenvalue weighted by Gasteiger charge is -2.08. The minimum absolute atomic E-state index is 0.272. The summed E-state index contributed by atoms with van der Waals surface area (Å²) in [5, 5.41) is 0. The molecule has 0 unspecified atom stereocenters. The quantitative estimate of drug-likeness (QED) is 0.744. The third-order valence-corrected chi connectivity index (χ3v) is 3.36. The lowest BCUT2D eigenvalue weighted by Crippen LogP contribution is -2.10. The lowest BCUT2D eigenvalue weighted by molar-refractivity contribution is 0.1000. The molecule has 25 heavy (non-hydrogen) atoms. The summed E-state index contributed by atoms with van der Waals surface area (Å²) in [5.74, 6) is 0.711. The van der Waals surface area contributed by atoms with Crippen LogP contribution in [0.4, 0.5) is 4.39 Å². The van der Waals surface area contributed by atoms with E-state index in [0.29, 0.717) is 22.9 Å². The van der Waals surface area contributed by atoms with Crippen molar-refractivity contribution in [2.45, 2.75) is 6.61 Å². The zero-order valence-electron chi connectivity index (χ0n) is 13.2. The number of pyridine rings is 1. The van der Waals surface area contributed by atoms with E-state index < -0.39 is 5.91 Å². The van der Waals surface area contributed by atoms with Gasteiger partial charge in [0, 0.05) is 12.3 Å². The van der Waals surface area contributed by atoms with Gasteiger partial charge in [-0.1, -0.05) is 12.1 Å². The SMILES string of the molecule is NC(=O)c1ccc(Oc2ccc(OCc3cccc(F)c3)cc2)nc1. The molecule has 0 radical (unpaired) electrons. The molecule has 0 saturated carbocycles. The van der Waals surface area contributed by atoms with E-state index in [1.54, 1.807) is 48.5 Å². The maximum atomic E-state index is 13.1. The van der Waals surface area contributed by atoms with Gasteiger partial charge in [-0.25, -0.2) is 9.37 Å². The average molecular weight is 338 g/mol. The summed E-state index contributed by atoms with van der Waals surface area (Å²) in [5.41, 5.74) is 6.22. The van der Waals surface area contributed by atoms with Crippen molar-refractivity contribution in [3.8, 4) is 17.4 Å². The molecule has 0 aliphatic heterocycles. The van der Waals surface area contributed by atoms with Crippen molar-refractivity contribution >= 4 is 5.91 Å². The first-order chi connectivity index (χ1) is 12.1. The zero-order chi connectivity index (χ0) is 17.6. The van der Waals surface area contributed by atoms with Crippen LogP contribution < -0.4 is 15.2 Å². The number of benzene rings is 2.